The lowest BCUT2D eigenvalue weighted by atomic mass is 10.0. The monoisotopic (exact) mass is 475 g/mol. The third-order valence-electron chi connectivity index (χ3n) is 5.16. The Morgan fingerprint density at radius 3 is 2.59 bits per heavy atom. The van der Waals surface area contributed by atoms with Crippen LogP contribution in [-0.2, 0) is 11.2 Å². The second kappa shape index (κ2) is 9.43. The van der Waals surface area contributed by atoms with E-state index >= 15 is 0 Å². The van der Waals surface area contributed by atoms with Gasteiger partial charge in [0.25, 0.3) is 0 Å². The molecule has 1 fully saturated rings. The SMILES string of the molecule is CC(C)Cc1ccc(-c2nnc(-c3cc(F)c(OC[C@H]4COC(C)(C)N4)cc3Cl)s2)cc1. The summed E-state index contributed by atoms with van der Waals surface area (Å²) in [6, 6.07) is 11.2. The molecule has 0 spiro atoms. The van der Waals surface area contributed by atoms with Crippen molar-refractivity contribution in [1.82, 2.24) is 15.5 Å². The molecule has 8 heteroatoms. The van der Waals surface area contributed by atoms with E-state index in [1.807, 2.05) is 26.0 Å². The molecule has 4 rings (SSSR count). The van der Waals surface area contributed by atoms with Crippen molar-refractivity contribution in [3.05, 3.63) is 52.8 Å². The standard InChI is InChI=1S/C24H27ClFN3O2S/c1-14(2)9-15-5-7-16(8-6-15)22-28-29-23(32-22)18-10-20(26)21(11-19(18)25)30-12-17-13-31-24(3,4)27-17/h5-8,10-11,14,17,27H,9,12-13H2,1-4H3/t17-/m0/s1. The third kappa shape index (κ3) is 5.46. The van der Waals surface area contributed by atoms with Gasteiger partial charge in [0.2, 0.25) is 0 Å². The van der Waals surface area contributed by atoms with E-state index in [4.69, 9.17) is 21.1 Å². The molecule has 0 amide bonds. The first kappa shape index (κ1) is 23.1. The maximum Gasteiger partial charge on any atom is 0.165 e. The molecule has 0 unspecified atom stereocenters. The molecule has 32 heavy (non-hydrogen) atoms. The van der Waals surface area contributed by atoms with E-state index in [2.05, 4.69) is 41.5 Å². The molecule has 0 aliphatic carbocycles. The summed E-state index contributed by atoms with van der Waals surface area (Å²) in [5.41, 5.74) is 2.36. The van der Waals surface area contributed by atoms with Crippen LogP contribution in [0, 0.1) is 11.7 Å². The van der Waals surface area contributed by atoms with Crippen LogP contribution in [0.4, 0.5) is 4.39 Å². The van der Waals surface area contributed by atoms with Gasteiger partial charge in [0, 0.05) is 17.2 Å². The van der Waals surface area contributed by atoms with Gasteiger partial charge in [-0.05, 0) is 37.8 Å². The highest BCUT2D eigenvalue weighted by atomic mass is 35.5. The quantitative estimate of drug-likeness (QED) is 0.456. The maximum absolute atomic E-state index is 14.7. The van der Waals surface area contributed by atoms with Gasteiger partial charge in [-0.3, -0.25) is 5.32 Å². The van der Waals surface area contributed by atoms with Crippen LogP contribution in [-0.4, -0.2) is 35.2 Å². The lowest BCUT2D eigenvalue weighted by Crippen LogP contribution is -2.41. The minimum Gasteiger partial charge on any atom is -0.489 e. The van der Waals surface area contributed by atoms with Crippen LogP contribution in [0.3, 0.4) is 0 Å². The minimum atomic E-state index is -0.489. The van der Waals surface area contributed by atoms with E-state index in [1.54, 1.807) is 0 Å². The summed E-state index contributed by atoms with van der Waals surface area (Å²) in [6.07, 6.45) is 1.03. The number of hydrogen-bond acceptors (Lipinski definition) is 6. The number of aromatic nitrogens is 2. The zero-order chi connectivity index (χ0) is 22.9. The molecule has 1 aromatic heterocycles. The van der Waals surface area contributed by atoms with Crippen LogP contribution < -0.4 is 10.1 Å². The average Bonchev–Trinajstić information content (AvgIpc) is 3.35. The van der Waals surface area contributed by atoms with Crippen molar-refractivity contribution in [1.29, 1.82) is 0 Å². The molecule has 3 aromatic rings. The van der Waals surface area contributed by atoms with Gasteiger partial charge in [-0.25, -0.2) is 4.39 Å². The van der Waals surface area contributed by atoms with E-state index in [-0.39, 0.29) is 18.4 Å². The second-order valence-electron chi connectivity index (χ2n) is 8.94. The molecule has 0 saturated carbocycles. The van der Waals surface area contributed by atoms with Crippen LogP contribution in [0.2, 0.25) is 5.02 Å². The summed E-state index contributed by atoms with van der Waals surface area (Å²) in [7, 11) is 0. The Morgan fingerprint density at radius 2 is 1.94 bits per heavy atom. The van der Waals surface area contributed by atoms with Gasteiger partial charge in [-0.2, -0.15) is 0 Å². The molecule has 1 saturated heterocycles. The fraction of sp³-hybridized carbons (Fsp3) is 0.417. The Kier molecular flexibility index (Phi) is 6.81. The number of benzene rings is 2. The number of hydrogen-bond donors (Lipinski definition) is 1. The largest absolute Gasteiger partial charge is 0.489 e. The predicted molar refractivity (Wildman–Crippen MR) is 127 cm³/mol. The van der Waals surface area contributed by atoms with Crippen LogP contribution in [0.1, 0.15) is 33.3 Å². The highest BCUT2D eigenvalue weighted by molar-refractivity contribution is 7.18. The molecule has 1 atom stereocenters. The molecular formula is C24H27ClFN3O2S. The van der Waals surface area contributed by atoms with Crippen molar-refractivity contribution < 1.29 is 13.9 Å². The zero-order valence-electron chi connectivity index (χ0n) is 18.6. The van der Waals surface area contributed by atoms with Gasteiger partial charge in [0.1, 0.15) is 22.3 Å². The van der Waals surface area contributed by atoms with Crippen molar-refractivity contribution in [2.45, 2.75) is 45.9 Å². The minimum absolute atomic E-state index is 0.0134. The van der Waals surface area contributed by atoms with Crippen LogP contribution >= 0.6 is 22.9 Å². The van der Waals surface area contributed by atoms with Gasteiger partial charge in [0.05, 0.1) is 17.7 Å². The van der Waals surface area contributed by atoms with E-state index in [0.29, 0.717) is 28.1 Å². The van der Waals surface area contributed by atoms with Crippen LogP contribution in [0.5, 0.6) is 5.75 Å². The molecule has 0 radical (unpaired) electrons. The smallest absolute Gasteiger partial charge is 0.165 e. The summed E-state index contributed by atoms with van der Waals surface area (Å²) in [5.74, 6) is 0.223. The Bertz CT molecular complexity index is 1090. The molecule has 1 aliphatic heterocycles. The van der Waals surface area contributed by atoms with Crippen LogP contribution in [0.25, 0.3) is 21.1 Å². The molecule has 1 N–H and O–H groups in total. The molecule has 5 nitrogen and oxygen atoms in total. The number of rotatable bonds is 7. The number of nitrogens with zero attached hydrogens (tertiary/aromatic N) is 2. The normalized spacial score (nSPS) is 17.8. The summed E-state index contributed by atoms with van der Waals surface area (Å²) in [6.45, 7) is 9.07. The van der Waals surface area contributed by atoms with Crippen molar-refractivity contribution >= 4 is 22.9 Å². The fourth-order valence-corrected chi connectivity index (χ4v) is 4.85. The topological polar surface area (TPSA) is 56.3 Å². The number of halogens is 2. The molecule has 1 aliphatic rings. The summed E-state index contributed by atoms with van der Waals surface area (Å²) >= 11 is 7.83. The lowest BCUT2D eigenvalue weighted by molar-refractivity contribution is 0.0230. The van der Waals surface area contributed by atoms with E-state index in [0.717, 1.165) is 17.0 Å². The predicted octanol–water partition coefficient (Wildman–Crippen LogP) is 5.97. The number of ether oxygens (including phenoxy) is 2. The van der Waals surface area contributed by atoms with Crippen molar-refractivity contribution in [3.8, 4) is 26.9 Å². The molecule has 2 heterocycles. The van der Waals surface area contributed by atoms with Crippen LogP contribution in [0.15, 0.2) is 36.4 Å². The highest BCUT2D eigenvalue weighted by Crippen LogP contribution is 2.37. The highest BCUT2D eigenvalue weighted by Gasteiger charge is 2.31. The maximum atomic E-state index is 14.7. The fourth-order valence-electron chi connectivity index (χ4n) is 3.67. The van der Waals surface area contributed by atoms with Gasteiger partial charge < -0.3 is 9.47 Å². The zero-order valence-corrected chi connectivity index (χ0v) is 20.2. The number of nitrogens with one attached hydrogen (secondary N) is 1. The molecular weight excluding hydrogens is 449 g/mol. The Morgan fingerprint density at radius 1 is 1.22 bits per heavy atom. The Labute approximate surface area is 196 Å². The van der Waals surface area contributed by atoms with Crippen molar-refractivity contribution in [2.24, 2.45) is 5.92 Å². The van der Waals surface area contributed by atoms with Gasteiger partial charge >= 0.3 is 0 Å². The van der Waals surface area contributed by atoms with E-state index in [9.17, 15) is 4.39 Å². The molecule has 170 valence electrons. The second-order valence-corrected chi connectivity index (χ2v) is 10.3. The van der Waals surface area contributed by atoms with Crippen molar-refractivity contribution in [2.75, 3.05) is 13.2 Å². The van der Waals surface area contributed by atoms with E-state index < -0.39 is 11.5 Å². The van der Waals surface area contributed by atoms with Gasteiger partial charge in [0.15, 0.2) is 11.6 Å². The molecule has 2 aromatic carbocycles. The first-order valence-electron chi connectivity index (χ1n) is 10.7. The average molecular weight is 476 g/mol. The summed E-state index contributed by atoms with van der Waals surface area (Å²) in [4.78, 5) is 0. The third-order valence-corrected chi connectivity index (χ3v) is 6.48. The van der Waals surface area contributed by atoms with Crippen molar-refractivity contribution in [3.63, 3.8) is 0 Å². The van der Waals surface area contributed by atoms with E-state index in [1.165, 1.54) is 29.0 Å². The summed E-state index contributed by atoms with van der Waals surface area (Å²) in [5, 5.41) is 13.5. The molecule has 0 bridgehead atoms. The Hall–Kier alpha value is -2.06. The van der Waals surface area contributed by atoms with Gasteiger partial charge in [-0.15, -0.1) is 10.2 Å². The lowest BCUT2D eigenvalue weighted by Gasteiger charge is -2.18. The first-order chi connectivity index (χ1) is 15.2. The Balaban J connectivity index is 1.47. The summed E-state index contributed by atoms with van der Waals surface area (Å²) < 4.78 is 26.0. The first-order valence-corrected chi connectivity index (χ1v) is 11.9. The van der Waals surface area contributed by atoms with Gasteiger partial charge in [-0.1, -0.05) is 61.1 Å².